The maximum Gasteiger partial charge on any atom is 0.0606 e. The fourth-order valence-corrected chi connectivity index (χ4v) is 3.26. The molecule has 0 spiro atoms. The van der Waals surface area contributed by atoms with Crippen molar-refractivity contribution in [2.75, 3.05) is 18.1 Å². The number of aliphatic hydroxyl groups excluding tert-OH is 1. The lowest BCUT2D eigenvalue weighted by molar-refractivity contribution is 0.296. The quantitative estimate of drug-likeness (QED) is 0.709. The van der Waals surface area contributed by atoms with Gasteiger partial charge in [0.15, 0.2) is 0 Å². The monoisotopic (exact) mass is 354 g/mol. The average molecular weight is 355 g/mol. The standard InChI is InChI=1S/C17H27BrN2O/c1-3-16(4-2)20(9-10-21)17-8-5-14(18)11-13(17)12-19-15-6-7-15/h5,8,11,15-16,19,21H,3-4,6-7,9-10,12H2,1-2H3. The molecule has 0 atom stereocenters. The number of nitrogens with zero attached hydrogens (tertiary/aromatic N) is 1. The summed E-state index contributed by atoms with van der Waals surface area (Å²) in [5, 5.41) is 13.0. The van der Waals surface area contributed by atoms with Gasteiger partial charge in [-0.2, -0.15) is 0 Å². The fourth-order valence-electron chi connectivity index (χ4n) is 2.85. The Hall–Kier alpha value is -0.580. The number of halogens is 1. The summed E-state index contributed by atoms with van der Waals surface area (Å²) in [5.74, 6) is 0. The molecule has 0 unspecified atom stereocenters. The minimum Gasteiger partial charge on any atom is -0.395 e. The Bertz CT molecular complexity index is 444. The molecule has 1 fully saturated rings. The summed E-state index contributed by atoms with van der Waals surface area (Å²) in [6.07, 6.45) is 4.80. The first kappa shape index (κ1) is 16.8. The summed E-state index contributed by atoms with van der Waals surface area (Å²) in [4.78, 5) is 2.37. The molecule has 1 saturated carbocycles. The van der Waals surface area contributed by atoms with Crippen molar-refractivity contribution in [1.29, 1.82) is 0 Å². The fraction of sp³-hybridized carbons (Fsp3) is 0.647. The Labute approximate surface area is 136 Å². The van der Waals surface area contributed by atoms with Crippen LogP contribution in [0.4, 0.5) is 5.69 Å². The molecule has 3 nitrogen and oxygen atoms in total. The van der Waals surface area contributed by atoms with Gasteiger partial charge in [0.2, 0.25) is 0 Å². The molecule has 1 aliphatic rings. The molecule has 0 radical (unpaired) electrons. The van der Waals surface area contributed by atoms with Gasteiger partial charge in [-0.1, -0.05) is 29.8 Å². The number of hydrogen-bond acceptors (Lipinski definition) is 3. The highest BCUT2D eigenvalue weighted by molar-refractivity contribution is 9.10. The van der Waals surface area contributed by atoms with E-state index in [2.05, 4.69) is 58.2 Å². The van der Waals surface area contributed by atoms with Crippen molar-refractivity contribution >= 4 is 21.6 Å². The first-order chi connectivity index (χ1) is 10.2. The average Bonchev–Trinajstić information content (AvgIpc) is 3.30. The van der Waals surface area contributed by atoms with Gasteiger partial charge in [0, 0.05) is 35.3 Å². The second-order valence-electron chi connectivity index (χ2n) is 5.82. The van der Waals surface area contributed by atoms with Crippen LogP contribution in [0.1, 0.15) is 45.1 Å². The Morgan fingerprint density at radius 3 is 2.62 bits per heavy atom. The molecule has 0 aromatic heterocycles. The van der Waals surface area contributed by atoms with E-state index < -0.39 is 0 Å². The van der Waals surface area contributed by atoms with Gasteiger partial charge in [-0.25, -0.2) is 0 Å². The molecule has 1 aliphatic carbocycles. The molecule has 0 bridgehead atoms. The summed E-state index contributed by atoms with van der Waals surface area (Å²) in [6.45, 7) is 6.24. The lowest BCUT2D eigenvalue weighted by Gasteiger charge is -2.34. The predicted octanol–water partition coefficient (Wildman–Crippen LogP) is 3.69. The van der Waals surface area contributed by atoms with Crippen LogP contribution in [0, 0.1) is 0 Å². The van der Waals surface area contributed by atoms with E-state index in [-0.39, 0.29) is 6.61 Å². The lowest BCUT2D eigenvalue weighted by atomic mass is 10.1. The SMILES string of the molecule is CCC(CC)N(CCO)c1ccc(Br)cc1CNC1CC1. The summed E-state index contributed by atoms with van der Waals surface area (Å²) in [6, 6.07) is 7.68. The summed E-state index contributed by atoms with van der Waals surface area (Å²) in [7, 11) is 0. The van der Waals surface area contributed by atoms with E-state index in [1.165, 1.54) is 24.1 Å². The first-order valence-electron chi connectivity index (χ1n) is 8.08. The van der Waals surface area contributed by atoms with E-state index >= 15 is 0 Å². The van der Waals surface area contributed by atoms with E-state index in [0.29, 0.717) is 18.6 Å². The van der Waals surface area contributed by atoms with Gasteiger partial charge in [-0.15, -0.1) is 0 Å². The third-order valence-electron chi connectivity index (χ3n) is 4.23. The Morgan fingerprint density at radius 2 is 2.05 bits per heavy atom. The van der Waals surface area contributed by atoms with Crippen LogP contribution >= 0.6 is 15.9 Å². The molecule has 1 aromatic carbocycles. The third-order valence-corrected chi connectivity index (χ3v) is 4.73. The van der Waals surface area contributed by atoms with E-state index in [4.69, 9.17) is 0 Å². The molecular weight excluding hydrogens is 328 g/mol. The van der Waals surface area contributed by atoms with Crippen molar-refractivity contribution in [3.8, 4) is 0 Å². The second kappa shape index (κ2) is 8.16. The largest absolute Gasteiger partial charge is 0.395 e. The van der Waals surface area contributed by atoms with Crippen LogP contribution in [0.25, 0.3) is 0 Å². The van der Waals surface area contributed by atoms with Crippen molar-refractivity contribution in [3.63, 3.8) is 0 Å². The van der Waals surface area contributed by atoms with Crippen LogP contribution in [-0.2, 0) is 6.54 Å². The van der Waals surface area contributed by atoms with Gasteiger partial charge in [0.05, 0.1) is 6.61 Å². The zero-order valence-electron chi connectivity index (χ0n) is 13.1. The Morgan fingerprint density at radius 1 is 1.33 bits per heavy atom. The Kier molecular flexibility index (Phi) is 6.52. The zero-order chi connectivity index (χ0) is 15.2. The maximum absolute atomic E-state index is 9.44. The van der Waals surface area contributed by atoms with Gasteiger partial charge in [-0.05, 0) is 49.4 Å². The molecule has 4 heteroatoms. The van der Waals surface area contributed by atoms with Gasteiger partial charge in [0.25, 0.3) is 0 Å². The highest BCUT2D eigenvalue weighted by atomic mass is 79.9. The van der Waals surface area contributed by atoms with Crippen LogP contribution < -0.4 is 10.2 Å². The van der Waals surface area contributed by atoms with Crippen molar-refractivity contribution < 1.29 is 5.11 Å². The van der Waals surface area contributed by atoms with E-state index in [0.717, 1.165) is 23.9 Å². The van der Waals surface area contributed by atoms with Gasteiger partial charge in [0.1, 0.15) is 0 Å². The maximum atomic E-state index is 9.44. The lowest BCUT2D eigenvalue weighted by Crippen LogP contribution is -2.37. The number of rotatable bonds is 9. The molecule has 2 N–H and O–H groups in total. The minimum absolute atomic E-state index is 0.196. The van der Waals surface area contributed by atoms with Gasteiger partial charge >= 0.3 is 0 Å². The summed E-state index contributed by atoms with van der Waals surface area (Å²) < 4.78 is 1.12. The van der Waals surface area contributed by atoms with Crippen LogP contribution in [0.5, 0.6) is 0 Å². The number of benzene rings is 1. The first-order valence-corrected chi connectivity index (χ1v) is 8.88. The van der Waals surface area contributed by atoms with E-state index in [9.17, 15) is 5.11 Å². The van der Waals surface area contributed by atoms with Crippen molar-refractivity contribution in [2.24, 2.45) is 0 Å². The molecule has 0 amide bonds. The van der Waals surface area contributed by atoms with Gasteiger partial charge in [-0.3, -0.25) is 0 Å². The highest BCUT2D eigenvalue weighted by Crippen LogP contribution is 2.29. The van der Waals surface area contributed by atoms with E-state index in [1.807, 2.05) is 0 Å². The molecule has 1 aromatic rings. The number of anilines is 1. The predicted molar refractivity (Wildman–Crippen MR) is 92.8 cm³/mol. The van der Waals surface area contributed by atoms with Crippen molar-refractivity contribution in [2.45, 2.75) is 58.2 Å². The normalized spacial score (nSPS) is 14.7. The van der Waals surface area contributed by atoms with Gasteiger partial charge < -0.3 is 15.3 Å². The van der Waals surface area contributed by atoms with Crippen molar-refractivity contribution in [1.82, 2.24) is 5.32 Å². The van der Waals surface area contributed by atoms with Crippen LogP contribution in [-0.4, -0.2) is 30.3 Å². The topological polar surface area (TPSA) is 35.5 Å². The van der Waals surface area contributed by atoms with Crippen LogP contribution in [0.2, 0.25) is 0 Å². The van der Waals surface area contributed by atoms with E-state index in [1.54, 1.807) is 0 Å². The number of aliphatic hydroxyl groups is 1. The zero-order valence-corrected chi connectivity index (χ0v) is 14.7. The molecule has 118 valence electrons. The van der Waals surface area contributed by atoms with Crippen LogP contribution in [0.3, 0.4) is 0 Å². The third kappa shape index (κ3) is 4.70. The number of nitrogens with one attached hydrogen (secondary N) is 1. The molecule has 21 heavy (non-hydrogen) atoms. The summed E-state index contributed by atoms with van der Waals surface area (Å²) >= 11 is 3.58. The molecular formula is C17H27BrN2O. The highest BCUT2D eigenvalue weighted by Gasteiger charge is 2.22. The number of hydrogen-bond donors (Lipinski definition) is 2. The minimum atomic E-state index is 0.196. The second-order valence-corrected chi connectivity index (χ2v) is 6.73. The Balaban J connectivity index is 2.23. The molecule has 0 heterocycles. The summed E-state index contributed by atoms with van der Waals surface area (Å²) in [5.41, 5.74) is 2.57. The van der Waals surface area contributed by atoms with Crippen LogP contribution in [0.15, 0.2) is 22.7 Å². The smallest absolute Gasteiger partial charge is 0.0606 e. The molecule has 0 aliphatic heterocycles. The van der Waals surface area contributed by atoms with Crippen molar-refractivity contribution in [3.05, 3.63) is 28.2 Å². The molecule has 2 rings (SSSR count). The molecule has 0 saturated heterocycles.